The van der Waals surface area contributed by atoms with E-state index in [9.17, 15) is 4.79 Å². The molecular weight excluding hydrogens is 358 g/mol. The summed E-state index contributed by atoms with van der Waals surface area (Å²) in [6.45, 7) is 1.50. The summed E-state index contributed by atoms with van der Waals surface area (Å²) in [5, 5.41) is 3.61. The van der Waals surface area contributed by atoms with E-state index in [4.69, 9.17) is 0 Å². The number of rotatable bonds is 4. The molecule has 144 valence electrons. The highest BCUT2D eigenvalue weighted by Gasteiger charge is 2.48. The Hall–Kier alpha value is -3.24. The number of fused-ring (bicyclic) bond motifs is 2. The first-order valence-electron chi connectivity index (χ1n) is 10.1. The first-order valence-corrected chi connectivity index (χ1v) is 10.1. The summed E-state index contributed by atoms with van der Waals surface area (Å²) < 4.78 is 0. The van der Waals surface area contributed by atoms with Gasteiger partial charge in [-0.15, -0.1) is 0 Å². The Bertz CT molecular complexity index is 1000. The van der Waals surface area contributed by atoms with Crippen molar-refractivity contribution in [3.63, 3.8) is 0 Å². The molecule has 6 rings (SSSR count). The lowest BCUT2D eigenvalue weighted by Gasteiger charge is -2.54. The van der Waals surface area contributed by atoms with E-state index in [2.05, 4.69) is 58.9 Å². The summed E-state index contributed by atoms with van der Waals surface area (Å²) in [7, 11) is 0. The molecule has 2 bridgehead atoms. The van der Waals surface area contributed by atoms with E-state index in [1.165, 1.54) is 16.7 Å². The molecule has 3 aromatic rings. The number of hydrogen-bond acceptors (Lipinski definition) is 3. The van der Waals surface area contributed by atoms with Crippen LogP contribution in [0.3, 0.4) is 0 Å². The summed E-state index contributed by atoms with van der Waals surface area (Å²) in [4.78, 5) is 18.7. The van der Waals surface area contributed by atoms with E-state index >= 15 is 0 Å². The second-order valence-electron chi connectivity index (χ2n) is 7.76. The monoisotopic (exact) mass is 381 g/mol. The molecule has 0 aliphatic carbocycles. The maximum Gasteiger partial charge on any atom is 0.254 e. The zero-order valence-corrected chi connectivity index (χ0v) is 16.1. The standard InChI is InChI=1S/C25H23N3O/c29-25(21-12-14-26-15-13-21)28-16-22-24(23(17-28)27-22)20-10-8-19(9-11-20)7-6-18-4-2-1-3-5-18/h1-15,22-24,27H,16-17H2/b7-6+. The molecule has 29 heavy (non-hydrogen) atoms. The van der Waals surface area contributed by atoms with E-state index in [-0.39, 0.29) is 5.91 Å². The second kappa shape index (κ2) is 7.64. The minimum absolute atomic E-state index is 0.101. The number of piperazine rings is 1. The van der Waals surface area contributed by atoms with Gasteiger partial charge in [0.1, 0.15) is 0 Å². The van der Waals surface area contributed by atoms with Crippen LogP contribution in [0.5, 0.6) is 0 Å². The van der Waals surface area contributed by atoms with E-state index < -0.39 is 0 Å². The number of benzene rings is 2. The lowest BCUT2D eigenvalue weighted by atomic mass is 9.74. The van der Waals surface area contributed by atoms with Gasteiger partial charge in [0.25, 0.3) is 5.91 Å². The van der Waals surface area contributed by atoms with Gasteiger partial charge >= 0.3 is 0 Å². The maximum atomic E-state index is 12.7. The zero-order chi connectivity index (χ0) is 19.6. The normalized spacial score (nSPS) is 23.0. The van der Waals surface area contributed by atoms with Gasteiger partial charge < -0.3 is 10.2 Å². The molecule has 4 nitrogen and oxygen atoms in total. The van der Waals surface area contributed by atoms with Crippen molar-refractivity contribution in [1.29, 1.82) is 0 Å². The highest BCUT2D eigenvalue weighted by atomic mass is 16.2. The van der Waals surface area contributed by atoms with Crippen LogP contribution in [0.4, 0.5) is 0 Å². The Morgan fingerprint density at radius 1 is 0.862 bits per heavy atom. The number of nitrogens with zero attached hydrogens (tertiary/aromatic N) is 2. The Kier molecular flexibility index (Phi) is 4.70. The zero-order valence-electron chi connectivity index (χ0n) is 16.1. The van der Waals surface area contributed by atoms with Crippen LogP contribution < -0.4 is 5.32 Å². The molecule has 1 N–H and O–H groups in total. The van der Waals surface area contributed by atoms with Crippen molar-refractivity contribution >= 4 is 18.1 Å². The lowest BCUT2D eigenvalue weighted by molar-refractivity contribution is 0.0367. The van der Waals surface area contributed by atoms with Crippen LogP contribution in [-0.4, -0.2) is 41.0 Å². The largest absolute Gasteiger partial charge is 0.335 e. The van der Waals surface area contributed by atoms with Gasteiger partial charge in [-0.3, -0.25) is 9.78 Å². The predicted octanol–water partition coefficient (Wildman–Crippen LogP) is 3.83. The van der Waals surface area contributed by atoms with Gasteiger partial charge in [-0.1, -0.05) is 66.7 Å². The average Bonchev–Trinajstić information content (AvgIpc) is 2.79. The molecular formula is C25H23N3O. The lowest BCUT2D eigenvalue weighted by Crippen LogP contribution is -2.72. The first-order chi connectivity index (χ1) is 14.3. The van der Waals surface area contributed by atoms with E-state index in [1.807, 2.05) is 23.1 Å². The van der Waals surface area contributed by atoms with Gasteiger partial charge in [-0.25, -0.2) is 0 Å². The second-order valence-corrected chi connectivity index (χ2v) is 7.76. The fourth-order valence-corrected chi connectivity index (χ4v) is 4.42. The minimum Gasteiger partial charge on any atom is -0.335 e. The third-order valence-electron chi connectivity index (χ3n) is 5.93. The molecule has 3 aliphatic rings. The van der Waals surface area contributed by atoms with Crippen LogP contribution >= 0.6 is 0 Å². The molecule has 3 aliphatic heterocycles. The van der Waals surface area contributed by atoms with Crippen molar-refractivity contribution in [1.82, 2.24) is 15.2 Å². The molecule has 0 spiro atoms. The molecule has 0 saturated carbocycles. The molecule has 2 aromatic carbocycles. The Morgan fingerprint density at radius 2 is 1.48 bits per heavy atom. The number of piperidine rings is 1. The molecule has 3 fully saturated rings. The molecule has 0 radical (unpaired) electrons. The van der Waals surface area contributed by atoms with Crippen molar-refractivity contribution in [3.8, 4) is 0 Å². The summed E-state index contributed by atoms with van der Waals surface area (Å²) in [6.07, 6.45) is 7.63. The van der Waals surface area contributed by atoms with Crippen molar-refractivity contribution in [2.75, 3.05) is 13.1 Å². The molecule has 4 heterocycles. The summed E-state index contributed by atoms with van der Waals surface area (Å²) in [5.74, 6) is 0.576. The molecule has 2 unspecified atom stereocenters. The number of amides is 1. The van der Waals surface area contributed by atoms with Gasteiger partial charge in [-0.05, 0) is 28.8 Å². The number of carbonyl (C=O) groups excluding carboxylic acids is 1. The third-order valence-corrected chi connectivity index (χ3v) is 5.93. The fraction of sp³-hybridized carbons (Fsp3) is 0.200. The highest BCUT2D eigenvalue weighted by Crippen LogP contribution is 2.37. The van der Waals surface area contributed by atoms with Crippen molar-refractivity contribution < 1.29 is 4.79 Å². The van der Waals surface area contributed by atoms with Gasteiger partial charge in [0.2, 0.25) is 0 Å². The maximum absolute atomic E-state index is 12.7. The van der Waals surface area contributed by atoms with Gasteiger partial charge in [0.15, 0.2) is 0 Å². The molecule has 4 heteroatoms. The van der Waals surface area contributed by atoms with Crippen molar-refractivity contribution in [3.05, 3.63) is 101 Å². The van der Waals surface area contributed by atoms with E-state index in [0.717, 1.165) is 13.1 Å². The summed E-state index contributed by atoms with van der Waals surface area (Å²) in [5.41, 5.74) is 4.47. The smallest absolute Gasteiger partial charge is 0.254 e. The van der Waals surface area contributed by atoms with Crippen LogP contribution in [0.25, 0.3) is 12.2 Å². The van der Waals surface area contributed by atoms with E-state index in [0.29, 0.717) is 23.6 Å². The molecule has 1 aromatic heterocycles. The van der Waals surface area contributed by atoms with Crippen LogP contribution in [0.2, 0.25) is 0 Å². The summed E-state index contributed by atoms with van der Waals surface area (Å²) >= 11 is 0. The van der Waals surface area contributed by atoms with Crippen LogP contribution in [-0.2, 0) is 0 Å². The number of pyridine rings is 1. The quantitative estimate of drug-likeness (QED) is 0.699. The topological polar surface area (TPSA) is 45.2 Å². The van der Waals surface area contributed by atoms with E-state index in [1.54, 1.807) is 24.5 Å². The number of hydrogen-bond donors (Lipinski definition) is 1. The van der Waals surface area contributed by atoms with Crippen molar-refractivity contribution in [2.24, 2.45) is 0 Å². The number of nitrogens with one attached hydrogen (secondary N) is 1. The molecule has 1 amide bonds. The number of aromatic nitrogens is 1. The van der Waals surface area contributed by atoms with Gasteiger partial charge in [0.05, 0.1) is 0 Å². The summed E-state index contributed by atoms with van der Waals surface area (Å²) in [6, 6.07) is 23.4. The Balaban J connectivity index is 1.24. The van der Waals surface area contributed by atoms with Gasteiger partial charge in [-0.2, -0.15) is 0 Å². The van der Waals surface area contributed by atoms with Crippen LogP contribution in [0, 0.1) is 0 Å². The Labute approximate surface area is 170 Å². The highest BCUT2D eigenvalue weighted by molar-refractivity contribution is 5.94. The minimum atomic E-state index is 0.101. The van der Waals surface area contributed by atoms with Crippen molar-refractivity contribution in [2.45, 2.75) is 18.0 Å². The predicted molar refractivity (Wildman–Crippen MR) is 115 cm³/mol. The van der Waals surface area contributed by atoms with Gasteiger partial charge in [0, 0.05) is 49.0 Å². The SMILES string of the molecule is O=C(c1ccncc1)N1CC2NC(C1)C2c1ccc(/C=C/c2ccccc2)cc1. The van der Waals surface area contributed by atoms with Crippen LogP contribution in [0.1, 0.15) is 33.0 Å². The first kappa shape index (κ1) is 17.8. The molecule has 2 atom stereocenters. The third kappa shape index (κ3) is 3.59. The van der Waals surface area contributed by atoms with Crippen LogP contribution in [0.15, 0.2) is 79.1 Å². The fourth-order valence-electron chi connectivity index (χ4n) is 4.42. The number of carbonyl (C=O) groups is 1. The Morgan fingerprint density at radius 3 is 2.14 bits per heavy atom. The average molecular weight is 381 g/mol. The molecule has 3 saturated heterocycles.